The number of hydrogen-bond donors (Lipinski definition) is 1. The number of hydrogen-bond acceptors (Lipinski definition) is 4. The van der Waals surface area contributed by atoms with Gasteiger partial charge in [0.05, 0.1) is 17.6 Å². The molecule has 1 atom stereocenters. The maximum absolute atomic E-state index is 11.6. The van der Waals surface area contributed by atoms with Crippen molar-refractivity contribution in [1.29, 1.82) is 0 Å². The number of nitrogens with zero attached hydrogens (tertiary/aromatic N) is 2. The molecule has 116 valence electrons. The summed E-state index contributed by atoms with van der Waals surface area (Å²) < 4.78 is 25.6. The van der Waals surface area contributed by atoms with Crippen LogP contribution in [0.1, 0.15) is 19.4 Å². The molecule has 0 saturated heterocycles. The number of benzene rings is 1. The van der Waals surface area contributed by atoms with Crippen LogP contribution in [0.5, 0.6) is 0 Å². The van der Waals surface area contributed by atoms with Gasteiger partial charge >= 0.3 is 0 Å². The highest BCUT2D eigenvalue weighted by atomic mass is 32.2. The second kappa shape index (κ2) is 5.61. The van der Waals surface area contributed by atoms with Crippen LogP contribution in [0.4, 0.5) is 17.2 Å². The van der Waals surface area contributed by atoms with Crippen molar-refractivity contribution < 1.29 is 8.42 Å². The number of rotatable bonds is 4. The summed E-state index contributed by atoms with van der Waals surface area (Å²) >= 11 is 0. The van der Waals surface area contributed by atoms with Crippen LogP contribution in [0, 0.1) is 0 Å². The van der Waals surface area contributed by atoms with E-state index in [0.29, 0.717) is 11.9 Å². The van der Waals surface area contributed by atoms with Crippen LogP contribution >= 0.6 is 0 Å². The maximum atomic E-state index is 11.6. The molecule has 0 saturated carbocycles. The molecule has 2 heterocycles. The average molecular weight is 317 g/mol. The van der Waals surface area contributed by atoms with Gasteiger partial charge < -0.3 is 4.90 Å². The van der Waals surface area contributed by atoms with Crippen molar-refractivity contribution in [2.45, 2.75) is 26.3 Å². The van der Waals surface area contributed by atoms with E-state index in [1.165, 1.54) is 11.3 Å². The number of para-hydroxylation sites is 1. The molecule has 1 aliphatic rings. The molecule has 1 aromatic carbocycles. The number of nitrogens with one attached hydrogen (secondary N) is 1. The van der Waals surface area contributed by atoms with Gasteiger partial charge in [-0.3, -0.25) is 4.72 Å². The molecule has 0 amide bonds. The summed E-state index contributed by atoms with van der Waals surface area (Å²) in [6.07, 6.45) is 2.71. The van der Waals surface area contributed by atoms with Crippen molar-refractivity contribution in [2.75, 3.05) is 15.4 Å². The Labute approximate surface area is 131 Å². The van der Waals surface area contributed by atoms with Crippen molar-refractivity contribution in [3.8, 4) is 0 Å². The van der Waals surface area contributed by atoms with E-state index in [1.807, 2.05) is 12.1 Å². The Kier molecular flexibility index (Phi) is 3.78. The monoisotopic (exact) mass is 317 g/mol. The standard InChI is InChI=1S/C16H19N3O2S/c1-3-22(20,21)18-16-9-8-14(11-17-16)19-12(2)10-13-6-4-5-7-15(13)19/h4-9,11-12H,3,10H2,1-2H3,(H,17,18). The first-order chi connectivity index (χ1) is 10.5. The van der Waals surface area contributed by atoms with Gasteiger partial charge in [0.25, 0.3) is 0 Å². The molecule has 1 aliphatic heterocycles. The molecule has 0 bridgehead atoms. The van der Waals surface area contributed by atoms with E-state index in [4.69, 9.17) is 0 Å². The molecule has 1 unspecified atom stereocenters. The van der Waals surface area contributed by atoms with E-state index >= 15 is 0 Å². The number of aromatic nitrogens is 1. The molecule has 1 N–H and O–H groups in total. The van der Waals surface area contributed by atoms with E-state index in [9.17, 15) is 8.42 Å². The minimum absolute atomic E-state index is 0.0347. The summed E-state index contributed by atoms with van der Waals surface area (Å²) in [5.74, 6) is 0.387. The molecule has 0 fully saturated rings. The van der Waals surface area contributed by atoms with Gasteiger partial charge in [-0.1, -0.05) is 18.2 Å². The molecule has 6 heteroatoms. The summed E-state index contributed by atoms with van der Waals surface area (Å²) in [5, 5.41) is 0. The third-order valence-electron chi connectivity index (χ3n) is 3.87. The second-order valence-corrected chi connectivity index (χ2v) is 7.47. The minimum atomic E-state index is -3.29. The quantitative estimate of drug-likeness (QED) is 0.942. The van der Waals surface area contributed by atoms with Gasteiger partial charge in [-0.2, -0.15) is 0 Å². The first-order valence-electron chi connectivity index (χ1n) is 7.34. The van der Waals surface area contributed by atoms with E-state index in [-0.39, 0.29) is 5.75 Å². The van der Waals surface area contributed by atoms with Gasteiger partial charge in [-0.25, -0.2) is 13.4 Å². The number of pyridine rings is 1. The van der Waals surface area contributed by atoms with Crippen LogP contribution in [0.3, 0.4) is 0 Å². The fourth-order valence-electron chi connectivity index (χ4n) is 2.78. The molecule has 5 nitrogen and oxygen atoms in total. The Bertz CT molecular complexity index is 772. The van der Waals surface area contributed by atoms with Crippen molar-refractivity contribution in [3.63, 3.8) is 0 Å². The fraction of sp³-hybridized carbons (Fsp3) is 0.312. The van der Waals surface area contributed by atoms with E-state index < -0.39 is 10.0 Å². The molecule has 0 aliphatic carbocycles. The van der Waals surface area contributed by atoms with E-state index in [1.54, 1.807) is 19.2 Å². The van der Waals surface area contributed by atoms with Crippen LogP contribution in [0.25, 0.3) is 0 Å². The van der Waals surface area contributed by atoms with Gasteiger partial charge in [-0.05, 0) is 44.0 Å². The van der Waals surface area contributed by atoms with Crippen LogP contribution in [-0.4, -0.2) is 25.2 Å². The lowest BCUT2D eigenvalue weighted by atomic mass is 10.1. The lowest BCUT2D eigenvalue weighted by Crippen LogP contribution is -2.24. The van der Waals surface area contributed by atoms with E-state index in [0.717, 1.165) is 12.1 Å². The zero-order chi connectivity index (χ0) is 15.7. The molecular weight excluding hydrogens is 298 g/mol. The summed E-state index contributed by atoms with van der Waals surface area (Å²) in [5.41, 5.74) is 3.49. The van der Waals surface area contributed by atoms with E-state index in [2.05, 4.69) is 39.7 Å². The van der Waals surface area contributed by atoms with Crippen LogP contribution in [0.15, 0.2) is 42.6 Å². The zero-order valence-electron chi connectivity index (χ0n) is 12.7. The van der Waals surface area contributed by atoms with Gasteiger partial charge in [-0.15, -0.1) is 0 Å². The first kappa shape index (κ1) is 14.8. The maximum Gasteiger partial charge on any atom is 0.233 e. The number of fused-ring (bicyclic) bond motifs is 1. The summed E-state index contributed by atoms with van der Waals surface area (Å²) in [6, 6.07) is 12.3. The Morgan fingerprint density at radius 3 is 2.73 bits per heavy atom. The second-order valence-electron chi connectivity index (χ2n) is 5.46. The molecule has 0 radical (unpaired) electrons. The van der Waals surface area contributed by atoms with Crippen molar-refractivity contribution in [1.82, 2.24) is 4.98 Å². The highest BCUT2D eigenvalue weighted by Gasteiger charge is 2.26. The van der Waals surface area contributed by atoms with Crippen LogP contribution in [0.2, 0.25) is 0 Å². The first-order valence-corrected chi connectivity index (χ1v) is 8.99. The predicted octanol–water partition coefficient (Wildman–Crippen LogP) is 2.93. The van der Waals surface area contributed by atoms with Crippen molar-refractivity contribution in [2.24, 2.45) is 0 Å². The summed E-state index contributed by atoms with van der Waals surface area (Å²) in [7, 11) is -3.29. The minimum Gasteiger partial charge on any atom is -0.337 e. The largest absolute Gasteiger partial charge is 0.337 e. The molecule has 2 aromatic rings. The number of anilines is 3. The Morgan fingerprint density at radius 1 is 1.27 bits per heavy atom. The molecule has 0 spiro atoms. The molecule has 3 rings (SSSR count). The topological polar surface area (TPSA) is 62.3 Å². The Morgan fingerprint density at radius 2 is 2.05 bits per heavy atom. The van der Waals surface area contributed by atoms with Crippen LogP contribution < -0.4 is 9.62 Å². The average Bonchev–Trinajstić information content (AvgIpc) is 2.84. The molecule has 22 heavy (non-hydrogen) atoms. The lowest BCUT2D eigenvalue weighted by molar-refractivity contribution is 0.602. The third kappa shape index (κ3) is 2.78. The van der Waals surface area contributed by atoms with Gasteiger partial charge in [0.1, 0.15) is 5.82 Å². The SMILES string of the molecule is CCS(=O)(=O)Nc1ccc(N2c3ccccc3CC2C)cn1. The smallest absolute Gasteiger partial charge is 0.233 e. The van der Waals surface area contributed by atoms with Crippen molar-refractivity contribution in [3.05, 3.63) is 48.2 Å². The summed E-state index contributed by atoms with van der Waals surface area (Å²) in [4.78, 5) is 6.47. The van der Waals surface area contributed by atoms with Gasteiger partial charge in [0.2, 0.25) is 10.0 Å². The fourth-order valence-corrected chi connectivity index (χ4v) is 3.36. The normalized spacial score (nSPS) is 17.4. The Hall–Kier alpha value is -2.08. The summed E-state index contributed by atoms with van der Waals surface area (Å²) in [6.45, 7) is 3.77. The van der Waals surface area contributed by atoms with Crippen molar-refractivity contribution >= 4 is 27.2 Å². The van der Waals surface area contributed by atoms with Gasteiger partial charge in [0.15, 0.2) is 0 Å². The zero-order valence-corrected chi connectivity index (χ0v) is 13.5. The molecular formula is C16H19N3O2S. The van der Waals surface area contributed by atoms with Gasteiger partial charge in [0, 0.05) is 11.7 Å². The molecule has 1 aromatic heterocycles. The lowest BCUT2D eigenvalue weighted by Gasteiger charge is -2.24. The van der Waals surface area contributed by atoms with Crippen LogP contribution in [-0.2, 0) is 16.4 Å². The highest BCUT2D eigenvalue weighted by Crippen LogP contribution is 2.37. The third-order valence-corrected chi connectivity index (χ3v) is 5.15. The number of sulfonamides is 1. The predicted molar refractivity (Wildman–Crippen MR) is 89.1 cm³/mol. The Balaban J connectivity index is 1.88. The highest BCUT2D eigenvalue weighted by molar-refractivity contribution is 7.92.